The van der Waals surface area contributed by atoms with E-state index in [-0.39, 0.29) is 5.91 Å². The predicted molar refractivity (Wildman–Crippen MR) is 113 cm³/mol. The molecule has 1 fully saturated rings. The maximum Gasteiger partial charge on any atom is 0.270 e. The average molecular weight is 395 g/mol. The number of carbonyl (C=O) groups is 1. The van der Waals surface area contributed by atoms with Gasteiger partial charge in [0.25, 0.3) is 5.91 Å². The van der Waals surface area contributed by atoms with Gasteiger partial charge in [-0.3, -0.25) is 15.6 Å². The van der Waals surface area contributed by atoms with Crippen LogP contribution in [0.15, 0.2) is 53.1 Å². The second-order valence-electron chi connectivity index (χ2n) is 6.94. The summed E-state index contributed by atoms with van der Waals surface area (Å²) in [6.45, 7) is 0. The van der Waals surface area contributed by atoms with Crippen molar-refractivity contribution in [1.29, 1.82) is 0 Å². The van der Waals surface area contributed by atoms with E-state index in [1.54, 1.807) is 18.4 Å². The van der Waals surface area contributed by atoms with Crippen LogP contribution in [0.3, 0.4) is 0 Å². The number of aromatic nitrogens is 1. The normalized spacial score (nSPS) is 14.6. The van der Waals surface area contributed by atoms with Crippen molar-refractivity contribution in [3.63, 3.8) is 0 Å². The van der Waals surface area contributed by atoms with E-state index >= 15 is 0 Å². The molecule has 7 heteroatoms. The number of thiocarbonyl (C=S) groups is 1. The third-order valence-electron chi connectivity index (χ3n) is 4.96. The van der Waals surface area contributed by atoms with Crippen LogP contribution in [0, 0.1) is 0 Å². The topological polar surface area (TPSA) is 79.2 Å². The molecule has 1 saturated carbocycles. The molecule has 3 N–H and O–H groups in total. The van der Waals surface area contributed by atoms with Gasteiger partial charge in [0.2, 0.25) is 0 Å². The van der Waals surface area contributed by atoms with Crippen LogP contribution in [0.1, 0.15) is 42.5 Å². The molecule has 2 heterocycles. The van der Waals surface area contributed by atoms with E-state index in [1.165, 1.54) is 19.3 Å². The van der Waals surface area contributed by atoms with Crippen molar-refractivity contribution in [2.24, 2.45) is 0 Å². The van der Waals surface area contributed by atoms with Gasteiger partial charge in [0.15, 0.2) is 10.9 Å². The van der Waals surface area contributed by atoms with Crippen LogP contribution in [0.5, 0.6) is 0 Å². The van der Waals surface area contributed by atoms with Crippen molar-refractivity contribution in [3.05, 3.63) is 54.3 Å². The number of carbonyl (C=O) groups excluding carboxylic acids is 1. The summed E-state index contributed by atoms with van der Waals surface area (Å²) in [7, 11) is 0. The molecule has 3 aromatic rings. The van der Waals surface area contributed by atoms with Gasteiger partial charge >= 0.3 is 0 Å². The first-order chi connectivity index (χ1) is 13.7. The Kier molecular flexibility index (Phi) is 5.53. The second-order valence-corrected chi connectivity index (χ2v) is 7.35. The molecule has 0 spiro atoms. The Morgan fingerprint density at radius 1 is 1.07 bits per heavy atom. The maximum atomic E-state index is 12.9. The quantitative estimate of drug-likeness (QED) is 0.461. The van der Waals surface area contributed by atoms with Gasteiger partial charge in [-0.2, -0.15) is 0 Å². The Hall–Kier alpha value is -2.93. The molecule has 0 bridgehead atoms. The zero-order valence-corrected chi connectivity index (χ0v) is 16.2. The molecular formula is C21H22N4O2S. The number of hydrogen-bond acceptors (Lipinski definition) is 4. The van der Waals surface area contributed by atoms with E-state index in [0.29, 0.717) is 28.2 Å². The van der Waals surface area contributed by atoms with Crippen LogP contribution in [-0.2, 0) is 0 Å². The van der Waals surface area contributed by atoms with E-state index in [4.69, 9.17) is 16.6 Å². The predicted octanol–water partition coefficient (Wildman–Crippen LogP) is 3.94. The average Bonchev–Trinajstić information content (AvgIpc) is 3.27. The summed E-state index contributed by atoms with van der Waals surface area (Å²) in [4.78, 5) is 17.5. The lowest BCUT2D eigenvalue weighted by molar-refractivity contribution is 0.0945. The number of rotatable bonds is 3. The van der Waals surface area contributed by atoms with Gasteiger partial charge in [-0.15, -0.1) is 0 Å². The molecule has 0 unspecified atom stereocenters. The lowest BCUT2D eigenvalue weighted by atomic mass is 9.96. The number of furan rings is 1. The molecule has 2 aromatic heterocycles. The molecule has 0 radical (unpaired) electrons. The number of amides is 1. The highest BCUT2D eigenvalue weighted by atomic mass is 32.1. The molecule has 4 rings (SSSR count). The minimum Gasteiger partial charge on any atom is -0.463 e. The molecule has 28 heavy (non-hydrogen) atoms. The largest absolute Gasteiger partial charge is 0.463 e. The Morgan fingerprint density at radius 2 is 1.89 bits per heavy atom. The number of hydrazine groups is 1. The molecule has 6 nitrogen and oxygen atoms in total. The van der Waals surface area contributed by atoms with Crippen LogP contribution in [-0.4, -0.2) is 22.0 Å². The van der Waals surface area contributed by atoms with Gasteiger partial charge < -0.3 is 9.73 Å². The van der Waals surface area contributed by atoms with Crippen LogP contribution >= 0.6 is 12.2 Å². The highest BCUT2D eigenvalue weighted by molar-refractivity contribution is 7.80. The lowest BCUT2D eigenvalue weighted by Gasteiger charge is -2.24. The first kappa shape index (κ1) is 18.4. The summed E-state index contributed by atoms with van der Waals surface area (Å²) < 4.78 is 5.45. The number of benzene rings is 1. The number of para-hydroxylation sites is 1. The number of nitrogens with one attached hydrogen (secondary N) is 3. The summed E-state index contributed by atoms with van der Waals surface area (Å²) in [5.74, 6) is 0.335. The zero-order chi connectivity index (χ0) is 19.3. The molecule has 1 aliphatic rings. The third-order valence-corrected chi connectivity index (χ3v) is 5.18. The smallest absolute Gasteiger partial charge is 0.270 e. The molecule has 144 valence electrons. The summed E-state index contributed by atoms with van der Waals surface area (Å²) in [5.41, 5.74) is 7.37. The molecule has 1 aliphatic carbocycles. The fraction of sp³-hybridized carbons (Fsp3) is 0.286. The maximum absolute atomic E-state index is 12.9. The minimum absolute atomic E-state index is 0.279. The Balaban J connectivity index is 1.51. The first-order valence-corrected chi connectivity index (χ1v) is 9.92. The molecule has 1 aromatic carbocycles. The number of nitrogens with zero attached hydrogens (tertiary/aromatic N) is 1. The van der Waals surface area contributed by atoms with Crippen molar-refractivity contribution in [2.45, 2.75) is 38.1 Å². The van der Waals surface area contributed by atoms with Crippen LogP contribution < -0.4 is 16.2 Å². The monoisotopic (exact) mass is 394 g/mol. The van der Waals surface area contributed by atoms with Gasteiger partial charge in [0, 0.05) is 11.4 Å². The van der Waals surface area contributed by atoms with E-state index in [2.05, 4.69) is 21.2 Å². The lowest BCUT2D eigenvalue weighted by Crippen LogP contribution is -2.50. The molecule has 0 atom stereocenters. The summed E-state index contributed by atoms with van der Waals surface area (Å²) in [6, 6.07) is 13.3. The SMILES string of the molecule is O=C(NNC(=S)NC1CCCCC1)c1cc(-c2ccco2)nc2ccccc12. The van der Waals surface area contributed by atoms with Crippen LogP contribution in [0.25, 0.3) is 22.4 Å². The van der Waals surface area contributed by atoms with E-state index in [9.17, 15) is 4.79 Å². The standard InChI is InChI=1S/C21H22N4O2S/c26-20(24-25-21(28)22-14-7-2-1-3-8-14)16-13-18(19-11-6-12-27-19)23-17-10-5-4-9-15(16)17/h4-6,9-14H,1-3,7-8H2,(H,24,26)(H2,22,25,28). The number of fused-ring (bicyclic) bond motifs is 1. The van der Waals surface area contributed by atoms with Gasteiger partial charge in [-0.25, -0.2) is 4.98 Å². The molecule has 1 amide bonds. The highest BCUT2D eigenvalue weighted by Gasteiger charge is 2.17. The summed E-state index contributed by atoms with van der Waals surface area (Å²) >= 11 is 5.33. The van der Waals surface area contributed by atoms with Crippen LogP contribution in [0.2, 0.25) is 0 Å². The Bertz CT molecular complexity index is 981. The second kappa shape index (κ2) is 8.39. The number of hydrogen-bond donors (Lipinski definition) is 3. The number of pyridine rings is 1. The van der Waals surface area contributed by atoms with Crippen molar-refractivity contribution >= 4 is 34.1 Å². The summed E-state index contributed by atoms with van der Waals surface area (Å²) in [6.07, 6.45) is 7.51. The van der Waals surface area contributed by atoms with Gasteiger partial charge in [0.05, 0.1) is 17.3 Å². The fourth-order valence-corrected chi connectivity index (χ4v) is 3.78. The molecule has 0 saturated heterocycles. The summed E-state index contributed by atoms with van der Waals surface area (Å²) in [5, 5.41) is 4.48. The van der Waals surface area contributed by atoms with Crippen molar-refractivity contribution in [3.8, 4) is 11.5 Å². The molecular weight excluding hydrogens is 372 g/mol. The fourth-order valence-electron chi connectivity index (χ4n) is 3.56. The Labute approximate surface area is 168 Å². The highest BCUT2D eigenvalue weighted by Crippen LogP contribution is 2.25. The minimum atomic E-state index is -0.279. The van der Waals surface area contributed by atoms with Gasteiger partial charge in [0.1, 0.15) is 5.69 Å². The van der Waals surface area contributed by atoms with E-state index in [0.717, 1.165) is 23.7 Å². The zero-order valence-electron chi connectivity index (χ0n) is 15.4. The van der Waals surface area contributed by atoms with Crippen LogP contribution in [0.4, 0.5) is 0 Å². The van der Waals surface area contributed by atoms with Gasteiger partial charge in [-0.05, 0) is 49.3 Å². The third kappa shape index (κ3) is 4.14. The van der Waals surface area contributed by atoms with Crippen molar-refractivity contribution < 1.29 is 9.21 Å². The van der Waals surface area contributed by atoms with E-state index < -0.39 is 0 Å². The van der Waals surface area contributed by atoms with Gasteiger partial charge in [-0.1, -0.05) is 37.5 Å². The van der Waals surface area contributed by atoms with E-state index in [1.807, 2.05) is 30.3 Å². The first-order valence-electron chi connectivity index (χ1n) is 9.51. The van der Waals surface area contributed by atoms with Crippen molar-refractivity contribution in [2.75, 3.05) is 0 Å². The Morgan fingerprint density at radius 3 is 2.68 bits per heavy atom. The van der Waals surface area contributed by atoms with Crippen molar-refractivity contribution in [1.82, 2.24) is 21.2 Å². The molecule has 0 aliphatic heterocycles.